The topological polar surface area (TPSA) is 47.4 Å². The van der Waals surface area contributed by atoms with E-state index in [0.29, 0.717) is 17.8 Å². The van der Waals surface area contributed by atoms with E-state index in [4.69, 9.17) is 4.74 Å². The van der Waals surface area contributed by atoms with Gasteiger partial charge in [0.2, 0.25) is 0 Å². The van der Waals surface area contributed by atoms with Crippen molar-refractivity contribution in [1.29, 1.82) is 0 Å². The van der Waals surface area contributed by atoms with Crippen LogP contribution in [0.4, 0.5) is 10.2 Å². The Balaban J connectivity index is 1.92. The van der Waals surface area contributed by atoms with E-state index in [-0.39, 0.29) is 11.8 Å². The summed E-state index contributed by atoms with van der Waals surface area (Å²) in [7, 11) is 1.37. The number of carbonyl (C=O) groups is 1. The number of anilines is 1. The first-order chi connectivity index (χ1) is 10.1. The number of benzene rings is 1. The highest BCUT2D eigenvalue weighted by Gasteiger charge is 2.30. The van der Waals surface area contributed by atoms with Crippen LogP contribution in [0.3, 0.4) is 0 Å². The van der Waals surface area contributed by atoms with Gasteiger partial charge in [-0.25, -0.2) is 13.9 Å². The molecule has 0 bridgehead atoms. The van der Waals surface area contributed by atoms with Crippen molar-refractivity contribution >= 4 is 11.8 Å². The molecule has 1 aromatic heterocycles. The number of esters is 1. The minimum atomic E-state index is -0.375. The number of hydrogen-bond acceptors (Lipinski definition) is 4. The Morgan fingerprint density at radius 2 is 2.05 bits per heavy atom. The summed E-state index contributed by atoms with van der Waals surface area (Å²) in [4.78, 5) is 14.0. The number of aromatic nitrogens is 2. The maximum absolute atomic E-state index is 13.0. The Kier molecular flexibility index (Phi) is 3.37. The lowest BCUT2D eigenvalue weighted by Crippen LogP contribution is -2.22. The zero-order chi connectivity index (χ0) is 15.0. The fourth-order valence-corrected chi connectivity index (χ4v) is 2.67. The maximum atomic E-state index is 13.0. The quantitative estimate of drug-likeness (QED) is 0.812. The Morgan fingerprint density at radius 3 is 2.71 bits per heavy atom. The van der Waals surface area contributed by atoms with Crippen LogP contribution in [0.2, 0.25) is 0 Å². The van der Waals surface area contributed by atoms with Gasteiger partial charge in [-0.05, 0) is 24.6 Å². The van der Waals surface area contributed by atoms with Gasteiger partial charge in [-0.15, -0.1) is 0 Å². The zero-order valence-corrected chi connectivity index (χ0v) is 12.0. The van der Waals surface area contributed by atoms with Crippen LogP contribution in [-0.2, 0) is 17.8 Å². The molecule has 1 aromatic carbocycles. The molecule has 110 valence electrons. The average molecular weight is 289 g/mol. The standard InChI is InChI=1S/C15H16FN3O2/c1-10-13(15(20)21-2)14-18(7-8-19(14)17-10)9-11-3-5-12(16)6-4-11/h3-6H,7-9H2,1-2H3. The third kappa shape index (κ3) is 2.37. The average Bonchev–Trinajstić information content (AvgIpc) is 2.99. The van der Waals surface area contributed by atoms with Crippen LogP contribution < -0.4 is 4.90 Å². The summed E-state index contributed by atoms with van der Waals surface area (Å²) in [5, 5.41) is 4.38. The lowest BCUT2D eigenvalue weighted by molar-refractivity contribution is 0.0600. The molecule has 6 heteroatoms. The number of carbonyl (C=O) groups excluding carboxylic acids is 1. The van der Waals surface area contributed by atoms with E-state index >= 15 is 0 Å². The van der Waals surface area contributed by atoms with Crippen molar-refractivity contribution in [2.75, 3.05) is 18.6 Å². The third-order valence-corrected chi connectivity index (χ3v) is 3.66. The van der Waals surface area contributed by atoms with E-state index < -0.39 is 0 Å². The van der Waals surface area contributed by atoms with Crippen molar-refractivity contribution in [3.8, 4) is 0 Å². The molecule has 0 radical (unpaired) electrons. The summed E-state index contributed by atoms with van der Waals surface area (Å²) in [6.45, 7) is 3.90. The van der Waals surface area contributed by atoms with Gasteiger partial charge in [-0.3, -0.25) is 0 Å². The van der Waals surface area contributed by atoms with Gasteiger partial charge < -0.3 is 9.64 Å². The van der Waals surface area contributed by atoms with Crippen molar-refractivity contribution in [3.63, 3.8) is 0 Å². The van der Waals surface area contributed by atoms with Gasteiger partial charge in [-0.2, -0.15) is 5.10 Å². The van der Waals surface area contributed by atoms with Crippen LogP contribution in [-0.4, -0.2) is 29.4 Å². The summed E-state index contributed by atoms with van der Waals surface area (Å²) in [6.07, 6.45) is 0. The molecule has 0 saturated heterocycles. The van der Waals surface area contributed by atoms with Crippen LogP contribution >= 0.6 is 0 Å². The monoisotopic (exact) mass is 289 g/mol. The van der Waals surface area contributed by atoms with Crippen molar-refractivity contribution in [2.24, 2.45) is 0 Å². The predicted octanol–water partition coefficient (Wildman–Crippen LogP) is 2.14. The molecule has 21 heavy (non-hydrogen) atoms. The lowest BCUT2D eigenvalue weighted by atomic mass is 10.2. The first kappa shape index (κ1) is 13.6. The molecule has 0 spiro atoms. The number of hydrogen-bond donors (Lipinski definition) is 0. The maximum Gasteiger partial charge on any atom is 0.343 e. The molecule has 2 heterocycles. The highest BCUT2D eigenvalue weighted by molar-refractivity contribution is 5.96. The van der Waals surface area contributed by atoms with E-state index in [0.717, 1.165) is 24.5 Å². The molecule has 2 aromatic rings. The molecule has 5 nitrogen and oxygen atoms in total. The smallest absolute Gasteiger partial charge is 0.343 e. The zero-order valence-electron chi connectivity index (χ0n) is 12.0. The molecule has 0 fully saturated rings. The second kappa shape index (κ2) is 5.20. The minimum absolute atomic E-state index is 0.253. The summed E-state index contributed by atoms with van der Waals surface area (Å²) < 4.78 is 19.6. The molecule has 0 amide bonds. The lowest BCUT2D eigenvalue weighted by Gasteiger charge is -2.18. The molecule has 0 unspecified atom stereocenters. The second-order valence-electron chi connectivity index (χ2n) is 5.05. The van der Waals surface area contributed by atoms with E-state index in [1.165, 1.54) is 19.2 Å². The molecule has 0 N–H and O–H groups in total. The number of aryl methyl sites for hydroxylation is 1. The van der Waals surface area contributed by atoms with Gasteiger partial charge in [0.1, 0.15) is 17.2 Å². The largest absolute Gasteiger partial charge is 0.465 e. The number of rotatable bonds is 3. The van der Waals surface area contributed by atoms with Crippen molar-refractivity contribution in [1.82, 2.24) is 9.78 Å². The molecule has 0 saturated carbocycles. The minimum Gasteiger partial charge on any atom is -0.465 e. The number of ether oxygens (including phenoxy) is 1. The van der Waals surface area contributed by atoms with Crippen molar-refractivity contribution in [2.45, 2.75) is 20.0 Å². The third-order valence-electron chi connectivity index (χ3n) is 3.66. The fourth-order valence-electron chi connectivity index (χ4n) is 2.67. The first-order valence-corrected chi connectivity index (χ1v) is 6.75. The summed E-state index contributed by atoms with van der Waals surface area (Å²) in [6, 6.07) is 6.38. The second-order valence-corrected chi connectivity index (χ2v) is 5.05. The highest BCUT2D eigenvalue weighted by atomic mass is 19.1. The van der Waals surface area contributed by atoms with E-state index in [1.807, 2.05) is 4.68 Å². The Bertz CT molecular complexity index is 679. The molecule has 3 rings (SSSR count). The SMILES string of the molecule is COC(=O)c1c(C)nn2c1N(Cc1ccc(F)cc1)CC2. The predicted molar refractivity (Wildman–Crippen MR) is 75.8 cm³/mol. The Labute approximate surface area is 121 Å². The summed E-state index contributed by atoms with van der Waals surface area (Å²) >= 11 is 0. The van der Waals surface area contributed by atoms with Crippen LogP contribution in [0, 0.1) is 12.7 Å². The van der Waals surface area contributed by atoms with Crippen molar-refractivity contribution in [3.05, 3.63) is 46.9 Å². The van der Waals surface area contributed by atoms with Gasteiger partial charge in [-0.1, -0.05) is 12.1 Å². The first-order valence-electron chi connectivity index (χ1n) is 6.75. The Hall–Kier alpha value is -2.37. The van der Waals surface area contributed by atoms with Gasteiger partial charge >= 0.3 is 5.97 Å². The summed E-state index contributed by atoms with van der Waals surface area (Å²) in [5.41, 5.74) is 2.16. The Morgan fingerprint density at radius 1 is 1.33 bits per heavy atom. The summed E-state index contributed by atoms with van der Waals surface area (Å²) in [5.74, 6) is 0.153. The number of halogens is 1. The molecular weight excluding hydrogens is 273 g/mol. The molecule has 1 aliphatic heterocycles. The molecule has 1 aliphatic rings. The highest BCUT2D eigenvalue weighted by Crippen LogP contribution is 2.30. The van der Waals surface area contributed by atoms with Crippen LogP contribution in [0.1, 0.15) is 21.6 Å². The fraction of sp³-hybridized carbons (Fsp3) is 0.333. The molecule has 0 atom stereocenters. The van der Waals surface area contributed by atoms with Crippen molar-refractivity contribution < 1.29 is 13.9 Å². The molecule has 0 aliphatic carbocycles. The number of nitrogens with zero attached hydrogens (tertiary/aromatic N) is 3. The normalized spacial score (nSPS) is 13.4. The van der Waals surface area contributed by atoms with E-state index in [9.17, 15) is 9.18 Å². The van der Waals surface area contributed by atoms with Gasteiger partial charge in [0.15, 0.2) is 0 Å². The van der Waals surface area contributed by atoms with Crippen LogP contribution in [0.15, 0.2) is 24.3 Å². The number of methoxy groups -OCH3 is 1. The van der Waals surface area contributed by atoms with Crippen LogP contribution in [0.5, 0.6) is 0 Å². The van der Waals surface area contributed by atoms with E-state index in [1.54, 1.807) is 19.1 Å². The van der Waals surface area contributed by atoms with Gasteiger partial charge in [0.05, 0.1) is 19.3 Å². The van der Waals surface area contributed by atoms with E-state index in [2.05, 4.69) is 10.00 Å². The van der Waals surface area contributed by atoms with Crippen LogP contribution in [0.25, 0.3) is 0 Å². The number of fused-ring (bicyclic) bond motifs is 1. The van der Waals surface area contributed by atoms with Gasteiger partial charge in [0, 0.05) is 13.1 Å². The van der Waals surface area contributed by atoms with Gasteiger partial charge in [0.25, 0.3) is 0 Å². The molecular formula is C15H16FN3O2.